The number of hydrogen-bond acceptors (Lipinski definition) is 6. The number of amides is 2. The van der Waals surface area contributed by atoms with Crippen LogP contribution in [0.25, 0.3) is 0 Å². The zero-order valence-corrected chi connectivity index (χ0v) is 25.8. The number of rotatable bonds is 7. The van der Waals surface area contributed by atoms with E-state index in [4.69, 9.17) is 11.5 Å². The van der Waals surface area contributed by atoms with Crippen molar-refractivity contribution in [2.24, 2.45) is 11.8 Å². The molecule has 5 rings (SSSR count). The van der Waals surface area contributed by atoms with Crippen LogP contribution in [0.5, 0.6) is 0 Å². The largest absolute Gasteiger partial charge is 0.369 e. The monoisotopic (exact) mass is 774 g/mol. The van der Waals surface area contributed by atoms with Crippen LogP contribution in [0.4, 0.5) is 11.9 Å². The molecule has 2 amide bonds. The van der Waals surface area contributed by atoms with Gasteiger partial charge in [0.25, 0.3) is 11.8 Å². The molecule has 0 fully saturated rings. The van der Waals surface area contributed by atoms with Gasteiger partial charge in [-0.25, -0.2) is 9.97 Å². The molecular weight excluding hydrogens is 756 g/mol. The molecule has 12 nitrogen and oxygen atoms in total. The van der Waals surface area contributed by atoms with E-state index >= 15 is 0 Å². The first-order chi connectivity index (χ1) is 18.1. The maximum absolute atomic E-state index is 13.0. The van der Waals surface area contributed by atoms with Gasteiger partial charge in [0.2, 0.25) is 0 Å². The average molecular weight is 778 g/mol. The molecule has 0 saturated carbocycles. The Hall–Kier alpha value is -2.56. The molecule has 0 spiro atoms. The van der Waals surface area contributed by atoms with Gasteiger partial charge in [0.1, 0.15) is 11.4 Å². The van der Waals surface area contributed by atoms with Crippen LogP contribution in [0.3, 0.4) is 0 Å². The number of carbonyl (C=O) groups is 2. The van der Waals surface area contributed by atoms with E-state index in [0.717, 1.165) is 26.0 Å². The van der Waals surface area contributed by atoms with Crippen LogP contribution >= 0.6 is 63.7 Å². The summed E-state index contributed by atoms with van der Waals surface area (Å²) < 4.78 is 2.84. The van der Waals surface area contributed by atoms with Crippen molar-refractivity contribution < 1.29 is 9.59 Å². The minimum absolute atomic E-state index is 0.0925. The normalized spacial score (nSPS) is 18.8. The van der Waals surface area contributed by atoms with E-state index in [1.165, 1.54) is 0 Å². The fourth-order valence-electron chi connectivity index (χ4n) is 4.82. The van der Waals surface area contributed by atoms with Crippen LogP contribution in [-0.2, 0) is 6.42 Å². The smallest absolute Gasteiger partial charge is 0.267 e. The first-order valence-corrected chi connectivity index (χ1v) is 14.6. The van der Waals surface area contributed by atoms with Crippen molar-refractivity contribution >= 4 is 87.4 Å². The summed E-state index contributed by atoms with van der Waals surface area (Å²) in [5, 5.41) is 6.06. The van der Waals surface area contributed by atoms with Crippen molar-refractivity contribution in [3.8, 4) is 0 Å². The number of hydrogen-bond donors (Lipinski definition) is 8. The van der Waals surface area contributed by atoms with Gasteiger partial charge < -0.3 is 42.0 Å². The minimum Gasteiger partial charge on any atom is -0.369 e. The average Bonchev–Trinajstić information content (AvgIpc) is 3.63. The number of H-pyrrole nitrogens is 4. The molecule has 4 aromatic rings. The first-order valence-electron chi connectivity index (χ1n) is 11.4. The van der Waals surface area contributed by atoms with Crippen LogP contribution in [0.2, 0.25) is 0 Å². The number of nitrogens with two attached hydrogens (primary N) is 2. The number of fused-ring (bicyclic) bond motifs is 1. The minimum atomic E-state index is -0.310. The van der Waals surface area contributed by atoms with Gasteiger partial charge in [-0.2, -0.15) is 0 Å². The van der Waals surface area contributed by atoms with Crippen molar-refractivity contribution in [3.05, 3.63) is 65.0 Å². The van der Waals surface area contributed by atoms with E-state index in [0.29, 0.717) is 46.1 Å². The number of nitrogens with zero attached hydrogens (tertiary/aromatic N) is 2. The van der Waals surface area contributed by atoms with Gasteiger partial charge in [-0.15, -0.1) is 0 Å². The van der Waals surface area contributed by atoms with E-state index in [-0.39, 0.29) is 35.5 Å². The Balaban J connectivity index is 1.43. The quantitative estimate of drug-likeness (QED) is 0.140. The summed E-state index contributed by atoms with van der Waals surface area (Å²) in [6.07, 6.45) is 2.23. The number of nitrogens with one attached hydrogen (secondary N) is 6. The molecule has 1 aliphatic carbocycles. The highest BCUT2D eigenvalue weighted by atomic mass is 79.9. The molecule has 4 aromatic heterocycles. The van der Waals surface area contributed by atoms with Gasteiger partial charge in [0.15, 0.2) is 11.9 Å². The molecule has 10 N–H and O–H groups in total. The van der Waals surface area contributed by atoms with Crippen LogP contribution in [0, 0.1) is 11.8 Å². The third-order valence-electron chi connectivity index (χ3n) is 6.54. The Morgan fingerprint density at radius 2 is 1.50 bits per heavy atom. The lowest BCUT2D eigenvalue weighted by molar-refractivity contribution is 0.0906. The topological polar surface area (TPSA) is 199 Å². The summed E-state index contributed by atoms with van der Waals surface area (Å²) in [5.41, 5.74) is 15.1. The van der Waals surface area contributed by atoms with E-state index in [2.05, 4.69) is 104 Å². The van der Waals surface area contributed by atoms with Crippen molar-refractivity contribution in [2.75, 3.05) is 24.6 Å². The molecule has 1 aliphatic rings. The van der Waals surface area contributed by atoms with Crippen molar-refractivity contribution in [3.63, 3.8) is 0 Å². The molecule has 0 bridgehead atoms. The van der Waals surface area contributed by atoms with Crippen molar-refractivity contribution in [2.45, 2.75) is 12.3 Å². The predicted molar refractivity (Wildman–Crippen MR) is 156 cm³/mol. The Morgan fingerprint density at radius 1 is 0.895 bits per heavy atom. The maximum atomic E-state index is 13.0. The Labute approximate surface area is 249 Å². The Kier molecular flexibility index (Phi) is 7.75. The lowest BCUT2D eigenvalue weighted by Gasteiger charge is -2.37. The zero-order chi connectivity index (χ0) is 27.1. The van der Waals surface area contributed by atoms with Gasteiger partial charge in [-0.3, -0.25) is 9.59 Å². The number of aromatic nitrogens is 6. The number of aromatic amines is 4. The number of anilines is 2. The summed E-state index contributed by atoms with van der Waals surface area (Å²) >= 11 is 13.5. The molecular formula is C22H22Br4N10O2. The third kappa shape index (κ3) is 5.44. The number of nitrogen functional groups attached to an aromatic ring is 2. The molecule has 0 saturated heterocycles. The van der Waals surface area contributed by atoms with E-state index < -0.39 is 0 Å². The SMILES string of the molecule is Nc1ncc([C@H]2c3nc(N)[nH]c3C[C@H](CNC(=O)c3cc(Br)c(Br)[nH]3)[C@H]2CNC(=O)c2cc(Br)c(Br)[nH]2)[nH]1. The highest BCUT2D eigenvalue weighted by molar-refractivity contribution is 9.13. The summed E-state index contributed by atoms with van der Waals surface area (Å²) in [7, 11) is 0. The Morgan fingerprint density at radius 3 is 2.03 bits per heavy atom. The third-order valence-corrected chi connectivity index (χ3v) is 10.1. The zero-order valence-electron chi connectivity index (χ0n) is 19.5. The van der Waals surface area contributed by atoms with Gasteiger partial charge in [0.05, 0.1) is 30.0 Å². The van der Waals surface area contributed by atoms with Crippen LogP contribution < -0.4 is 22.1 Å². The highest BCUT2D eigenvalue weighted by Crippen LogP contribution is 2.42. The summed E-state index contributed by atoms with van der Waals surface area (Å²) in [4.78, 5) is 46.9. The number of imidazole rings is 2. The van der Waals surface area contributed by atoms with Gasteiger partial charge in [0, 0.05) is 30.4 Å². The molecule has 0 aromatic carbocycles. The first kappa shape index (κ1) is 27.0. The molecule has 3 atom stereocenters. The maximum Gasteiger partial charge on any atom is 0.267 e. The van der Waals surface area contributed by atoms with E-state index in [1.54, 1.807) is 18.3 Å². The molecule has 200 valence electrons. The molecule has 0 radical (unpaired) electrons. The van der Waals surface area contributed by atoms with Gasteiger partial charge in [-0.05, 0) is 94.1 Å². The van der Waals surface area contributed by atoms with Gasteiger partial charge in [-0.1, -0.05) is 0 Å². The van der Waals surface area contributed by atoms with E-state index in [9.17, 15) is 9.59 Å². The summed E-state index contributed by atoms with van der Waals surface area (Å²) in [6.45, 7) is 0.634. The summed E-state index contributed by atoms with van der Waals surface area (Å²) in [5.74, 6) is -0.541. The fourth-order valence-corrected chi connectivity index (χ4v) is 6.13. The van der Waals surface area contributed by atoms with Crippen LogP contribution in [-0.4, -0.2) is 54.8 Å². The van der Waals surface area contributed by atoms with Crippen molar-refractivity contribution in [1.29, 1.82) is 0 Å². The lowest BCUT2D eigenvalue weighted by atomic mass is 9.71. The van der Waals surface area contributed by atoms with Crippen molar-refractivity contribution in [1.82, 2.24) is 40.5 Å². The summed E-state index contributed by atoms with van der Waals surface area (Å²) in [6, 6.07) is 3.40. The molecule has 0 unspecified atom stereocenters. The second kappa shape index (κ2) is 10.9. The van der Waals surface area contributed by atoms with Crippen LogP contribution in [0.15, 0.2) is 36.5 Å². The highest BCUT2D eigenvalue weighted by Gasteiger charge is 2.41. The molecule has 38 heavy (non-hydrogen) atoms. The molecule has 4 heterocycles. The standard InChI is InChI=1S/C22H22Br4N10O2/c23-9-2-12(32-17(9)25)19(37)29-4-7-1-11-16(36-22(28)34-11)15(14-6-31-21(27)35-14)8(7)5-30-20(38)13-3-10(24)18(26)33-13/h2-3,6-8,15,32-33H,1,4-5H2,(H,29,37)(H,30,38)(H3,27,31,35)(H3,28,34,36)/t7-,8-,15+/m1/s1. The molecule has 0 aliphatic heterocycles. The van der Waals surface area contributed by atoms with E-state index in [1.807, 2.05) is 0 Å². The molecule has 16 heteroatoms. The second-order valence-corrected chi connectivity index (χ2v) is 12.2. The number of halogens is 4. The fraction of sp³-hybridized carbons (Fsp3) is 0.273. The number of carbonyl (C=O) groups excluding carboxylic acids is 2. The second-order valence-electron chi connectivity index (χ2n) is 8.93. The van der Waals surface area contributed by atoms with Crippen LogP contribution in [0.1, 0.15) is 44.0 Å². The predicted octanol–water partition coefficient (Wildman–Crippen LogP) is 3.78. The van der Waals surface area contributed by atoms with Gasteiger partial charge >= 0.3 is 0 Å². The Bertz CT molecular complexity index is 1470. The lowest BCUT2D eigenvalue weighted by Crippen LogP contribution is -2.44.